The maximum absolute atomic E-state index is 12.5. The molecule has 6 nitrogen and oxygen atoms in total. The molecule has 0 spiro atoms. The van der Waals surface area contributed by atoms with Crippen LogP contribution in [0.4, 0.5) is 16.2 Å². The Morgan fingerprint density at radius 3 is 2.47 bits per heavy atom. The highest BCUT2D eigenvalue weighted by Crippen LogP contribution is 2.50. The molecule has 3 atom stereocenters. The van der Waals surface area contributed by atoms with Gasteiger partial charge in [0.2, 0.25) is 0 Å². The number of piperidine rings is 1. The Labute approximate surface area is 218 Å². The molecule has 1 aliphatic heterocycles. The molecule has 0 radical (unpaired) electrons. The van der Waals surface area contributed by atoms with E-state index in [0.29, 0.717) is 51.6 Å². The van der Waals surface area contributed by atoms with Crippen LogP contribution < -0.4 is 11.1 Å². The third-order valence-corrected chi connectivity index (χ3v) is 8.33. The number of anilines is 2. The first kappa shape index (κ1) is 25.6. The summed E-state index contributed by atoms with van der Waals surface area (Å²) >= 11 is 18.3. The Balaban J connectivity index is 1.41. The molecular weight excluding hydrogens is 491 g/mol. The van der Waals surface area contributed by atoms with Crippen molar-refractivity contribution in [3.05, 3.63) is 22.2 Å². The Bertz CT molecular complexity index is 930. The van der Waals surface area contributed by atoms with E-state index < -0.39 is 5.60 Å². The minimum atomic E-state index is -0.476. The van der Waals surface area contributed by atoms with E-state index in [1.54, 1.807) is 12.1 Å². The fraction of sp³-hybridized carbons (Fsp3) is 0.680. The van der Waals surface area contributed by atoms with Gasteiger partial charge in [0, 0.05) is 25.7 Å². The molecule has 3 fully saturated rings. The standard InChI is InChI=1S/C25H36Cl2N4O2S/c1-25(2,3)33-24(32)30-8-6-15(7-9-30)14-31(18-5-4-16-10-17(16)11-18)23(34)29-22-13-20(27)19(26)12-21(22)28/h12-13,15-18H,4-11,14,28H2,1-3H3,(H,29,34). The highest BCUT2D eigenvalue weighted by Gasteiger charge is 2.44. The molecule has 2 saturated carbocycles. The molecule has 3 N–H and O–H groups in total. The molecule has 4 rings (SSSR count). The van der Waals surface area contributed by atoms with E-state index in [1.165, 1.54) is 19.3 Å². The van der Waals surface area contributed by atoms with Crippen LogP contribution in [0.15, 0.2) is 12.1 Å². The summed E-state index contributed by atoms with van der Waals surface area (Å²) in [5, 5.41) is 4.91. The first-order chi connectivity index (χ1) is 16.0. The predicted octanol–water partition coefficient (Wildman–Crippen LogP) is 6.41. The van der Waals surface area contributed by atoms with E-state index in [1.807, 2.05) is 25.7 Å². The van der Waals surface area contributed by atoms with Gasteiger partial charge in [0.25, 0.3) is 0 Å². The van der Waals surface area contributed by atoms with E-state index >= 15 is 0 Å². The number of likely N-dealkylation sites (tertiary alicyclic amines) is 1. The molecule has 188 valence electrons. The third kappa shape index (κ3) is 6.41. The Morgan fingerprint density at radius 1 is 1.15 bits per heavy atom. The third-order valence-electron chi connectivity index (χ3n) is 7.27. The van der Waals surface area contributed by atoms with Gasteiger partial charge < -0.3 is 25.6 Å². The number of hydrogen-bond acceptors (Lipinski definition) is 4. The number of thiocarbonyl (C=S) groups is 1. The smallest absolute Gasteiger partial charge is 0.410 e. The number of nitrogens with zero attached hydrogens (tertiary/aromatic N) is 2. The number of ether oxygens (including phenoxy) is 1. The topological polar surface area (TPSA) is 70.8 Å². The van der Waals surface area contributed by atoms with Crippen LogP contribution >= 0.6 is 35.4 Å². The number of nitrogens with two attached hydrogens (primary N) is 1. The van der Waals surface area contributed by atoms with Crippen LogP contribution in [0, 0.1) is 17.8 Å². The van der Waals surface area contributed by atoms with Crippen molar-refractivity contribution >= 4 is 58.0 Å². The molecule has 3 unspecified atom stereocenters. The maximum atomic E-state index is 12.5. The van der Waals surface area contributed by atoms with Crippen molar-refractivity contribution in [2.24, 2.45) is 17.8 Å². The number of rotatable bonds is 4. The van der Waals surface area contributed by atoms with Crippen LogP contribution in [0.25, 0.3) is 0 Å². The average Bonchev–Trinajstić information content (AvgIpc) is 3.54. The molecule has 9 heteroatoms. The summed E-state index contributed by atoms with van der Waals surface area (Å²) in [6.07, 6.45) is 6.65. The number of nitrogens with one attached hydrogen (secondary N) is 1. The number of carbonyl (C=O) groups excluding carboxylic acids is 1. The number of nitrogen functional groups attached to an aromatic ring is 1. The van der Waals surface area contributed by atoms with Crippen molar-refractivity contribution in [1.29, 1.82) is 0 Å². The lowest BCUT2D eigenvalue weighted by atomic mass is 9.91. The van der Waals surface area contributed by atoms with Gasteiger partial charge in [-0.3, -0.25) is 0 Å². The van der Waals surface area contributed by atoms with Crippen LogP contribution in [0.1, 0.15) is 59.3 Å². The molecule has 34 heavy (non-hydrogen) atoms. The average molecular weight is 528 g/mol. The first-order valence-electron chi connectivity index (χ1n) is 12.3. The minimum Gasteiger partial charge on any atom is -0.444 e. The quantitative estimate of drug-likeness (QED) is 0.348. The molecule has 1 aromatic carbocycles. The number of halogens is 2. The zero-order valence-electron chi connectivity index (χ0n) is 20.3. The van der Waals surface area contributed by atoms with Gasteiger partial charge >= 0.3 is 6.09 Å². The molecule has 0 aromatic heterocycles. The molecule has 1 amide bonds. The molecule has 1 saturated heterocycles. The van der Waals surface area contributed by atoms with E-state index in [2.05, 4.69) is 10.2 Å². The molecular formula is C25H36Cl2N4O2S. The highest BCUT2D eigenvalue weighted by atomic mass is 35.5. The summed E-state index contributed by atoms with van der Waals surface area (Å²) < 4.78 is 5.55. The van der Waals surface area contributed by atoms with Crippen LogP contribution in [0.2, 0.25) is 10.0 Å². The fourth-order valence-electron chi connectivity index (χ4n) is 5.27. The normalized spacial score (nSPS) is 24.9. The largest absolute Gasteiger partial charge is 0.444 e. The van der Waals surface area contributed by atoms with E-state index in [4.69, 9.17) is 45.9 Å². The summed E-state index contributed by atoms with van der Waals surface area (Å²) in [5.74, 6) is 2.22. The van der Waals surface area contributed by atoms with E-state index in [-0.39, 0.29) is 6.09 Å². The van der Waals surface area contributed by atoms with Crippen molar-refractivity contribution in [1.82, 2.24) is 9.80 Å². The summed E-state index contributed by atoms with van der Waals surface area (Å²) in [5.41, 5.74) is 6.91. The van der Waals surface area contributed by atoms with E-state index in [9.17, 15) is 4.79 Å². The van der Waals surface area contributed by atoms with Crippen LogP contribution in [-0.4, -0.2) is 52.3 Å². The van der Waals surface area contributed by atoms with Crippen molar-refractivity contribution in [3.63, 3.8) is 0 Å². The van der Waals surface area contributed by atoms with Crippen molar-refractivity contribution in [3.8, 4) is 0 Å². The Hall–Kier alpha value is -1.44. The molecule has 1 heterocycles. The van der Waals surface area contributed by atoms with Gasteiger partial charge in [-0.15, -0.1) is 0 Å². The van der Waals surface area contributed by atoms with E-state index in [0.717, 1.165) is 37.6 Å². The second-order valence-corrected chi connectivity index (χ2v) is 12.3. The zero-order chi connectivity index (χ0) is 24.6. The van der Waals surface area contributed by atoms with Gasteiger partial charge in [0.15, 0.2) is 5.11 Å². The van der Waals surface area contributed by atoms with Gasteiger partial charge in [-0.1, -0.05) is 23.2 Å². The second-order valence-electron chi connectivity index (χ2n) is 11.1. The Kier molecular flexibility index (Phi) is 7.75. The van der Waals surface area contributed by atoms with Gasteiger partial charge in [-0.2, -0.15) is 0 Å². The zero-order valence-corrected chi connectivity index (χ0v) is 22.6. The summed E-state index contributed by atoms with van der Waals surface area (Å²) in [6.45, 7) is 8.00. The fourth-order valence-corrected chi connectivity index (χ4v) is 5.94. The minimum absolute atomic E-state index is 0.220. The number of hydrogen-bond donors (Lipinski definition) is 2. The molecule has 1 aromatic rings. The van der Waals surface area contributed by atoms with Crippen molar-refractivity contribution in [2.75, 3.05) is 30.7 Å². The number of benzene rings is 1. The molecule has 0 bridgehead atoms. The predicted molar refractivity (Wildman–Crippen MR) is 144 cm³/mol. The van der Waals surface area contributed by atoms with Gasteiger partial charge in [0.05, 0.1) is 21.4 Å². The lowest BCUT2D eigenvalue weighted by Crippen LogP contribution is -2.49. The monoisotopic (exact) mass is 526 g/mol. The van der Waals surface area contributed by atoms with Gasteiger partial charge in [-0.05, 0) is 101 Å². The van der Waals surface area contributed by atoms with Gasteiger partial charge in [-0.25, -0.2) is 4.79 Å². The molecule has 2 aliphatic carbocycles. The number of carbonyl (C=O) groups is 1. The summed E-state index contributed by atoms with van der Waals surface area (Å²) in [6, 6.07) is 3.82. The summed E-state index contributed by atoms with van der Waals surface area (Å²) in [7, 11) is 0. The number of fused-ring (bicyclic) bond motifs is 1. The van der Waals surface area contributed by atoms with Crippen LogP contribution in [0.3, 0.4) is 0 Å². The second kappa shape index (κ2) is 10.3. The van der Waals surface area contributed by atoms with Crippen molar-refractivity contribution < 1.29 is 9.53 Å². The highest BCUT2D eigenvalue weighted by molar-refractivity contribution is 7.80. The Morgan fingerprint density at radius 2 is 1.82 bits per heavy atom. The van der Waals surface area contributed by atoms with Crippen molar-refractivity contribution in [2.45, 2.75) is 70.9 Å². The maximum Gasteiger partial charge on any atom is 0.410 e. The first-order valence-corrected chi connectivity index (χ1v) is 13.5. The van der Waals surface area contributed by atoms with Crippen LogP contribution in [-0.2, 0) is 4.74 Å². The van der Waals surface area contributed by atoms with Gasteiger partial charge in [0.1, 0.15) is 5.60 Å². The summed E-state index contributed by atoms with van der Waals surface area (Å²) in [4.78, 5) is 16.7. The lowest BCUT2D eigenvalue weighted by Gasteiger charge is -2.40. The van der Waals surface area contributed by atoms with Crippen LogP contribution in [0.5, 0.6) is 0 Å². The molecule has 3 aliphatic rings. The SMILES string of the molecule is CC(C)(C)OC(=O)N1CCC(CN(C(=S)Nc2cc(Cl)c(Cl)cc2N)C2CCC3CC3C2)CC1. The lowest BCUT2D eigenvalue weighted by molar-refractivity contribution is 0.0172. The number of amides is 1.